The van der Waals surface area contributed by atoms with E-state index in [1.807, 2.05) is 49.4 Å². The summed E-state index contributed by atoms with van der Waals surface area (Å²) in [7, 11) is 1.52. The number of anilines is 1. The lowest BCUT2D eigenvalue weighted by atomic mass is 10.2. The molecule has 1 aromatic heterocycles. The summed E-state index contributed by atoms with van der Waals surface area (Å²) in [5, 5.41) is 6.98. The molecule has 1 N–H and O–H groups in total. The number of carbonyl (C=O) groups excluding carboxylic acids is 2. The van der Waals surface area contributed by atoms with Crippen LogP contribution < -0.4 is 10.9 Å². The molecule has 3 rings (SSSR count). The number of likely N-dealkylation sites (N-methyl/N-ethyl adjacent to an activating group) is 1. The van der Waals surface area contributed by atoms with Crippen LogP contribution in [0, 0.1) is 6.92 Å². The van der Waals surface area contributed by atoms with Crippen LogP contribution in [0.15, 0.2) is 69.9 Å². The fourth-order valence-corrected chi connectivity index (χ4v) is 3.35. The Kier molecular flexibility index (Phi) is 6.79. The zero-order chi connectivity index (χ0) is 21.7. The highest BCUT2D eigenvalue weighted by molar-refractivity contribution is 9.10. The van der Waals surface area contributed by atoms with Crippen LogP contribution in [0.2, 0.25) is 0 Å². The molecule has 0 saturated heterocycles. The fourth-order valence-electron chi connectivity index (χ4n) is 2.87. The Balaban J connectivity index is 1.68. The second kappa shape index (κ2) is 9.49. The maximum Gasteiger partial charge on any atom is 0.274 e. The van der Waals surface area contributed by atoms with E-state index in [1.54, 1.807) is 6.07 Å². The van der Waals surface area contributed by atoms with Crippen LogP contribution in [-0.2, 0) is 11.3 Å². The Labute approximate surface area is 182 Å². The number of amides is 2. The molecular formula is C22H21BrN4O3. The van der Waals surface area contributed by atoms with Gasteiger partial charge >= 0.3 is 0 Å². The van der Waals surface area contributed by atoms with Crippen molar-refractivity contribution in [1.82, 2.24) is 14.7 Å². The molecule has 2 amide bonds. The van der Waals surface area contributed by atoms with E-state index in [1.165, 1.54) is 28.8 Å². The number of hydrogen-bond acceptors (Lipinski definition) is 4. The zero-order valence-electron chi connectivity index (χ0n) is 16.6. The number of hydrogen-bond donors (Lipinski definition) is 1. The molecule has 0 aliphatic heterocycles. The second-order valence-electron chi connectivity index (χ2n) is 6.87. The predicted molar refractivity (Wildman–Crippen MR) is 119 cm³/mol. The first-order valence-electron chi connectivity index (χ1n) is 9.27. The van der Waals surface area contributed by atoms with Gasteiger partial charge in [0.05, 0.1) is 13.1 Å². The van der Waals surface area contributed by atoms with Crippen molar-refractivity contribution in [3.8, 4) is 0 Å². The van der Waals surface area contributed by atoms with Crippen LogP contribution in [-0.4, -0.2) is 40.1 Å². The van der Waals surface area contributed by atoms with Gasteiger partial charge in [-0.05, 0) is 42.3 Å². The Hall–Kier alpha value is -3.26. The van der Waals surface area contributed by atoms with Crippen molar-refractivity contribution in [1.29, 1.82) is 0 Å². The second-order valence-corrected chi connectivity index (χ2v) is 7.78. The molecule has 2 aromatic carbocycles. The minimum Gasteiger partial charge on any atom is -0.331 e. The van der Waals surface area contributed by atoms with E-state index in [4.69, 9.17) is 0 Å². The van der Waals surface area contributed by atoms with Gasteiger partial charge in [0.25, 0.3) is 11.5 Å². The van der Waals surface area contributed by atoms with Crippen molar-refractivity contribution >= 4 is 33.4 Å². The molecule has 0 radical (unpaired) electrons. The Bertz CT molecular complexity index is 1130. The van der Waals surface area contributed by atoms with E-state index in [9.17, 15) is 14.4 Å². The van der Waals surface area contributed by atoms with Crippen molar-refractivity contribution in [2.75, 3.05) is 18.9 Å². The van der Waals surface area contributed by atoms with Gasteiger partial charge in [-0.2, -0.15) is 5.10 Å². The highest BCUT2D eigenvalue weighted by Crippen LogP contribution is 2.20. The molecule has 0 aliphatic rings. The van der Waals surface area contributed by atoms with Gasteiger partial charge in [-0.3, -0.25) is 14.4 Å². The Morgan fingerprint density at radius 1 is 1.10 bits per heavy atom. The largest absolute Gasteiger partial charge is 0.331 e. The van der Waals surface area contributed by atoms with E-state index >= 15 is 0 Å². The average Bonchev–Trinajstić information content (AvgIpc) is 2.72. The summed E-state index contributed by atoms with van der Waals surface area (Å²) in [4.78, 5) is 38.5. The monoisotopic (exact) mass is 468 g/mol. The Morgan fingerprint density at radius 3 is 2.53 bits per heavy atom. The van der Waals surface area contributed by atoms with E-state index in [0.717, 1.165) is 15.6 Å². The van der Waals surface area contributed by atoms with Gasteiger partial charge < -0.3 is 10.2 Å². The molecule has 154 valence electrons. The van der Waals surface area contributed by atoms with Crippen LogP contribution in [0.25, 0.3) is 0 Å². The molecule has 3 aromatic rings. The van der Waals surface area contributed by atoms with E-state index in [2.05, 4.69) is 26.3 Å². The molecule has 0 aliphatic carbocycles. The first kappa shape index (κ1) is 21.4. The number of benzene rings is 2. The summed E-state index contributed by atoms with van der Waals surface area (Å²) in [6, 6.07) is 17.6. The van der Waals surface area contributed by atoms with Crippen molar-refractivity contribution < 1.29 is 9.59 Å². The Morgan fingerprint density at radius 2 is 1.83 bits per heavy atom. The summed E-state index contributed by atoms with van der Waals surface area (Å²) in [6.45, 7) is 2.00. The molecule has 0 fully saturated rings. The van der Waals surface area contributed by atoms with Crippen LogP contribution in [0.4, 0.5) is 5.69 Å². The minimum absolute atomic E-state index is 0.0978. The first-order chi connectivity index (χ1) is 14.3. The lowest BCUT2D eigenvalue weighted by molar-refractivity contribution is -0.116. The van der Waals surface area contributed by atoms with Crippen LogP contribution in [0.3, 0.4) is 0 Å². The van der Waals surface area contributed by atoms with Crippen LogP contribution in [0.5, 0.6) is 0 Å². The standard InChI is InChI=1S/C22H21BrN4O3/c1-15-12-17(23)8-9-18(15)24-20(28)14-26(2)22(30)19-10-11-21(29)27(25-19)13-16-6-4-3-5-7-16/h3-12H,13-14H2,1-2H3,(H,24,28). The fraction of sp³-hybridized carbons (Fsp3) is 0.182. The molecule has 0 unspecified atom stereocenters. The molecule has 8 heteroatoms. The van der Waals surface area contributed by atoms with Gasteiger partial charge in [-0.1, -0.05) is 46.3 Å². The molecule has 7 nitrogen and oxygen atoms in total. The third-order valence-electron chi connectivity index (χ3n) is 4.45. The minimum atomic E-state index is -0.445. The number of carbonyl (C=O) groups is 2. The van der Waals surface area contributed by atoms with Gasteiger partial charge in [0.1, 0.15) is 5.69 Å². The predicted octanol–water partition coefficient (Wildman–Crippen LogP) is 3.07. The summed E-state index contributed by atoms with van der Waals surface area (Å²) < 4.78 is 2.16. The van der Waals surface area contributed by atoms with E-state index in [-0.39, 0.29) is 30.2 Å². The highest BCUT2D eigenvalue weighted by atomic mass is 79.9. The quantitative estimate of drug-likeness (QED) is 0.602. The molecular weight excluding hydrogens is 448 g/mol. The van der Waals surface area contributed by atoms with Crippen LogP contribution in [0.1, 0.15) is 21.6 Å². The third-order valence-corrected chi connectivity index (χ3v) is 4.94. The molecule has 0 saturated carbocycles. The maximum atomic E-state index is 12.7. The van der Waals surface area contributed by atoms with E-state index in [0.29, 0.717) is 5.69 Å². The third kappa shape index (κ3) is 5.42. The number of nitrogens with one attached hydrogen (secondary N) is 1. The normalized spacial score (nSPS) is 10.5. The van der Waals surface area contributed by atoms with Crippen molar-refractivity contribution in [3.05, 3.63) is 92.3 Å². The summed E-state index contributed by atoms with van der Waals surface area (Å²) in [5.41, 5.74) is 2.27. The average molecular weight is 469 g/mol. The van der Waals surface area contributed by atoms with Gasteiger partial charge in [0.2, 0.25) is 5.91 Å². The number of aryl methyl sites for hydroxylation is 1. The van der Waals surface area contributed by atoms with Gasteiger partial charge in [0, 0.05) is 23.3 Å². The lowest BCUT2D eigenvalue weighted by Crippen LogP contribution is -2.36. The lowest BCUT2D eigenvalue weighted by Gasteiger charge is -2.17. The smallest absolute Gasteiger partial charge is 0.274 e. The molecule has 0 atom stereocenters. The first-order valence-corrected chi connectivity index (χ1v) is 10.1. The van der Waals surface area contributed by atoms with Crippen molar-refractivity contribution in [3.63, 3.8) is 0 Å². The molecule has 0 spiro atoms. The topological polar surface area (TPSA) is 84.3 Å². The van der Waals surface area contributed by atoms with Crippen molar-refractivity contribution in [2.24, 2.45) is 0 Å². The summed E-state index contributed by atoms with van der Waals surface area (Å²) in [6.07, 6.45) is 0. The van der Waals surface area contributed by atoms with Crippen LogP contribution >= 0.6 is 15.9 Å². The van der Waals surface area contributed by atoms with Crippen molar-refractivity contribution in [2.45, 2.75) is 13.5 Å². The number of halogens is 1. The number of rotatable bonds is 6. The van der Waals surface area contributed by atoms with Gasteiger partial charge in [0.15, 0.2) is 0 Å². The molecule has 1 heterocycles. The molecule has 30 heavy (non-hydrogen) atoms. The molecule has 0 bridgehead atoms. The maximum absolute atomic E-state index is 12.7. The number of nitrogens with zero attached hydrogens (tertiary/aromatic N) is 3. The SMILES string of the molecule is Cc1cc(Br)ccc1NC(=O)CN(C)C(=O)c1ccc(=O)n(Cc2ccccc2)n1. The zero-order valence-corrected chi connectivity index (χ0v) is 18.2. The van der Waals surface area contributed by atoms with E-state index < -0.39 is 5.91 Å². The number of aromatic nitrogens is 2. The summed E-state index contributed by atoms with van der Waals surface area (Å²) in [5.74, 6) is -0.770. The van der Waals surface area contributed by atoms with Gasteiger partial charge in [-0.15, -0.1) is 0 Å². The van der Waals surface area contributed by atoms with Gasteiger partial charge in [-0.25, -0.2) is 4.68 Å². The summed E-state index contributed by atoms with van der Waals surface area (Å²) >= 11 is 3.38. The highest BCUT2D eigenvalue weighted by Gasteiger charge is 2.18.